The van der Waals surface area contributed by atoms with Gasteiger partial charge in [0.15, 0.2) is 0 Å². The lowest BCUT2D eigenvalue weighted by Gasteiger charge is -2.12. The van der Waals surface area contributed by atoms with Crippen molar-refractivity contribution in [1.29, 1.82) is 0 Å². The van der Waals surface area contributed by atoms with E-state index in [2.05, 4.69) is 0 Å². The summed E-state index contributed by atoms with van der Waals surface area (Å²) in [6, 6.07) is 15.5. The maximum Gasteiger partial charge on any atom is 0.126 e. The number of methoxy groups -OCH3 is 1. The highest BCUT2D eigenvalue weighted by Gasteiger charge is 2.04. The zero-order valence-corrected chi connectivity index (χ0v) is 11.3. The van der Waals surface area contributed by atoms with Crippen molar-refractivity contribution in [2.75, 3.05) is 20.3 Å². The fraction of sp³-hybridized carbons (Fsp3) is 0.250. The molecule has 2 aromatic rings. The second kappa shape index (κ2) is 6.69. The summed E-state index contributed by atoms with van der Waals surface area (Å²) in [6.45, 7) is 3.00. The van der Waals surface area contributed by atoms with Gasteiger partial charge in [-0.3, -0.25) is 0 Å². The second-order valence-electron chi connectivity index (χ2n) is 4.09. The van der Waals surface area contributed by atoms with Gasteiger partial charge in [0.25, 0.3) is 0 Å². The van der Waals surface area contributed by atoms with Gasteiger partial charge < -0.3 is 14.2 Å². The van der Waals surface area contributed by atoms with Gasteiger partial charge in [-0.2, -0.15) is 0 Å². The highest BCUT2D eigenvalue weighted by molar-refractivity contribution is 5.43. The lowest BCUT2D eigenvalue weighted by Crippen LogP contribution is -2.09. The second-order valence-corrected chi connectivity index (χ2v) is 4.09. The normalized spacial score (nSPS) is 10.0. The van der Waals surface area contributed by atoms with Crippen LogP contribution in [0.5, 0.6) is 17.2 Å². The van der Waals surface area contributed by atoms with E-state index in [1.165, 1.54) is 0 Å². The number of hydrogen-bond donors (Lipinski definition) is 0. The molecule has 100 valence electrons. The zero-order valence-electron chi connectivity index (χ0n) is 11.3. The van der Waals surface area contributed by atoms with Crippen molar-refractivity contribution in [3.05, 3.63) is 54.1 Å². The fourth-order valence-electron chi connectivity index (χ4n) is 1.80. The summed E-state index contributed by atoms with van der Waals surface area (Å²) in [5, 5.41) is 0. The molecule has 2 rings (SSSR count). The Kier molecular flexibility index (Phi) is 4.67. The summed E-state index contributed by atoms with van der Waals surface area (Å²) in [4.78, 5) is 0. The molecule has 19 heavy (non-hydrogen) atoms. The van der Waals surface area contributed by atoms with Crippen LogP contribution in [0.15, 0.2) is 48.5 Å². The van der Waals surface area contributed by atoms with Gasteiger partial charge >= 0.3 is 0 Å². The molecule has 0 saturated heterocycles. The summed E-state index contributed by atoms with van der Waals surface area (Å²) in [7, 11) is 1.66. The van der Waals surface area contributed by atoms with Crippen LogP contribution < -0.4 is 14.2 Å². The van der Waals surface area contributed by atoms with E-state index >= 15 is 0 Å². The monoisotopic (exact) mass is 258 g/mol. The molecule has 0 aliphatic rings. The zero-order chi connectivity index (χ0) is 13.5. The van der Waals surface area contributed by atoms with Gasteiger partial charge in [-0.05, 0) is 31.2 Å². The average molecular weight is 258 g/mol. The SMILES string of the molecule is COc1cccc(OCCOc2ccccc2)c1C. The molecule has 0 aliphatic carbocycles. The van der Waals surface area contributed by atoms with Gasteiger partial charge in [-0.25, -0.2) is 0 Å². The molecular weight excluding hydrogens is 240 g/mol. The number of para-hydroxylation sites is 1. The van der Waals surface area contributed by atoms with Crippen molar-refractivity contribution in [1.82, 2.24) is 0 Å². The van der Waals surface area contributed by atoms with E-state index in [1.807, 2.05) is 55.5 Å². The molecule has 0 heterocycles. The number of ether oxygens (including phenoxy) is 3. The number of rotatable bonds is 6. The molecule has 3 nitrogen and oxygen atoms in total. The maximum absolute atomic E-state index is 5.70. The van der Waals surface area contributed by atoms with E-state index in [9.17, 15) is 0 Å². The summed E-state index contributed by atoms with van der Waals surface area (Å²) < 4.78 is 16.5. The molecule has 0 bridgehead atoms. The van der Waals surface area contributed by atoms with Crippen molar-refractivity contribution in [2.24, 2.45) is 0 Å². The molecule has 0 aromatic heterocycles. The van der Waals surface area contributed by atoms with Gasteiger partial charge in [0.2, 0.25) is 0 Å². The third-order valence-electron chi connectivity index (χ3n) is 2.81. The van der Waals surface area contributed by atoms with E-state index < -0.39 is 0 Å². The molecule has 0 fully saturated rings. The molecule has 0 atom stereocenters. The van der Waals surface area contributed by atoms with Crippen molar-refractivity contribution in [3.63, 3.8) is 0 Å². The molecule has 0 amide bonds. The van der Waals surface area contributed by atoms with Crippen molar-refractivity contribution < 1.29 is 14.2 Å². The Morgan fingerprint density at radius 2 is 1.47 bits per heavy atom. The number of benzene rings is 2. The molecule has 0 spiro atoms. The van der Waals surface area contributed by atoms with E-state index in [-0.39, 0.29) is 0 Å². The minimum atomic E-state index is 0.503. The maximum atomic E-state index is 5.70. The average Bonchev–Trinajstić information content (AvgIpc) is 2.46. The Labute approximate surface area is 113 Å². The number of hydrogen-bond acceptors (Lipinski definition) is 3. The Morgan fingerprint density at radius 3 is 2.21 bits per heavy atom. The third kappa shape index (κ3) is 3.65. The molecule has 0 aliphatic heterocycles. The Morgan fingerprint density at radius 1 is 0.789 bits per heavy atom. The lowest BCUT2D eigenvalue weighted by molar-refractivity contribution is 0.215. The minimum Gasteiger partial charge on any atom is -0.496 e. The summed E-state index contributed by atoms with van der Waals surface area (Å²) in [6.07, 6.45) is 0. The standard InChI is InChI=1S/C16H18O3/c1-13-15(17-2)9-6-10-16(13)19-12-11-18-14-7-4-3-5-8-14/h3-10H,11-12H2,1-2H3. The predicted octanol–water partition coefficient (Wildman–Crippen LogP) is 3.46. The largest absolute Gasteiger partial charge is 0.496 e. The third-order valence-corrected chi connectivity index (χ3v) is 2.81. The molecule has 0 N–H and O–H groups in total. The molecule has 2 aromatic carbocycles. The van der Waals surface area contributed by atoms with Crippen LogP contribution in [0.2, 0.25) is 0 Å². The van der Waals surface area contributed by atoms with Crippen LogP contribution in [-0.4, -0.2) is 20.3 Å². The molecule has 0 radical (unpaired) electrons. The van der Waals surface area contributed by atoms with E-state index in [0.717, 1.165) is 22.8 Å². The first-order chi connectivity index (χ1) is 9.31. The van der Waals surface area contributed by atoms with Crippen LogP contribution in [0.25, 0.3) is 0 Å². The molecule has 0 saturated carbocycles. The Hall–Kier alpha value is -2.16. The summed E-state index contributed by atoms with van der Waals surface area (Å²) >= 11 is 0. The van der Waals surface area contributed by atoms with E-state index in [4.69, 9.17) is 14.2 Å². The first-order valence-electron chi connectivity index (χ1n) is 6.25. The topological polar surface area (TPSA) is 27.7 Å². The summed E-state index contributed by atoms with van der Waals surface area (Å²) in [5.74, 6) is 2.52. The summed E-state index contributed by atoms with van der Waals surface area (Å²) in [5.41, 5.74) is 1.00. The molecule has 3 heteroatoms. The Bertz CT molecular complexity index is 509. The van der Waals surface area contributed by atoms with Crippen molar-refractivity contribution >= 4 is 0 Å². The molecule has 0 unspecified atom stereocenters. The lowest BCUT2D eigenvalue weighted by atomic mass is 10.2. The van der Waals surface area contributed by atoms with E-state index in [1.54, 1.807) is 7.11 Å². The van der Waals surface area contributed by atoms with Crippen molar-refractivity contribution in [3.8, 4) is 17.2 Å². The first kappa shape index (κ1) is 13.3. The van der Waals surface area contributed by atoms with Crippen LogP contribution in [0.3, 0.4) is 0 Å². The minimum absolute atomic E-state index is 0.503. The molecular formula is C16H18O3. The Balaban J connectivity index is 1.83. The van der Waals surface area contributed by atoms with Crippen LogP contribution >= 0.6 is 0 Å². The van der Waals surface area contributed by atoms with Crippen LogP contribution in [0.1, 0.15) is 5.56 Å². The van der Waals surface area contributed by atoms with Crippen molar-refractivity contribution in [2.45, 2.75) is 6.92 Å². The van der Waals surface area contributed by atoms with E-state index in [0.29, 0.717) is 13.2 Å². The fourth-order valence-corrected chi connectivity index (χ4v) is 1.80. The van der Waals surface area contributed by atoms with Gasteiger partial charge in [0.05, 0.1) is 7.11 Å². The van der Waals surface area contributed by atoms with Gasteiger partial charge in [0.1, 0.15) is 30.5 Å². The van der Waals surface area contributed by atoms with Gasteiger partial charge in [-0.15, -0.1) is 0 Å². The smallest absolute Gasteiger partial charge is 0.126 e. The van der Waals surface area contributed by atoms with Gasteiger partial charge in [0, 0.05) is 5.56 Å². The van der Waals surface area contributed by atoms with Crippen LogP contribution in [0, 0.1) is 6.92 Å². The highest BCUT2D eigenvalue weighted by Crippen LogP contribution is 2.26. The first-order valence-corrected chi connectivity index (χ1v) is 6.25. The predicted molar refractivity (Wildman–Crippen MR) is 75.2 cm³/mol. The van der Waals surface area contributed by atoms with Crippen LogP contribution in [-0.2, 0) is 0 Å². The highest BCUT2D eigenvalue weighted by atomic mass is 16.5. The van der Waals surface area contributed by atoms with Crippen LogP contribution in [0.4, 0.5) is 0 Å². The quantitative estimate of drug-likeness (QED) is 0.743. The van der Waals surface area contributed by atoms with Gasteiger partial charge in [-0.1, -0.05) is 24.3 Å².